The molecule has 0 saturated carbocycles. The van der Waals surface area contributed by atoms with Crippen LogP contribution in [0, 0.1) is 0 Å². The molecule has 0 aliphatic carbocycles. The molecule has 0 unspecified atom stereocenters. The number of benzene rings is 1. The van der Waals surface area contributed by atoms with Gasteiger partial charge in [0.05, 0.1) is 7.11 Å². The summed E-state index contributed by atoms with van der Waals surface area (Å²) < 4.78 is 4.92. The Morgan fingerprint density at radius 2 is 1.75 bits per heavy atom. The highest BCUT2D eigenvalue weighted by Crippen LogP contribution is 2.12. The van der Waals surface area contributed by atoms with E-state index in [1.807, 2.05) is 18.2 Å². The molecule has 2 N–H and O–H groups in total. The maximum absolute atomic E-state index is 5.45. The first-order valence-electron chi connectivity index (χ1n) is 2.72. The molecule has 0 radical (unpaired) electrons. The van der Waals surface area contributed by atoms with E-state index in [-0.39, 0.29) is 37.2 Å². The third-order valence-corrected chi connectivity index (χ3v) is 1.09. The van der Waals surface area contributed by atoms with Crippen LogP contribution in [0.3, 0.4) is 0 Å². The van der Waals surface area contributed by atoms with Crippen LogP contribution in [-0.2, 0) is 0 Å². The highest BCUT2D eigenvalue weighted by molar-refractivity contribution is 5.86. The van der Waals surface area contributed by atoms with Gasteiger partial charge in [-0.3, -0.25) is 0 Å². The van der Waals surface area contributed by atoms with E-state index < -0.39 is 0 Å². The molecule has 0 aliphatic heterocycles. The van der Waals surface area contributed by atoms with Crippen molar-refractivity contribution in [2.75, 3.05) is 12.8 Å². The average Bonchev–Trinajstić information content (AvgIpc) is 1.88. The molecule has 0 aromatic heterocycles. The zero-order valence-corrected chi connectivity index (χ0v) is 8.97. The number of anilines is 1. The Kier molecular flexibility index (Phi) is 12.9. The summed E-state index contributed by atoms with van der Waals surface area (Å²) in [5.41, 5.74) is 6.19. The second-order valence-corrected chi connectivity index (χ2v) is 1.78. The Bertz CT molecular complexity index is 208. The summed E-state index contributed by atoms with van der Waals surface area (Å²) >= 11 is 0. The van der Waals surface area contributed by atoms with Crippen LogP contribution in [0.4, 0.5) is 5.69 Å². The summed E-state index contributed by atoms with van der Waals surface area (Å²) in [6, 6.07) is 7.31. The van der Waals surface area contributed by atoms with Crippen molar-refractivity contribution < 1.29 is 4.74 Å². The predicted octanol–water partition coefficient (Wildman–Crippen LogP) is 2.54. The zero-order chi connectivity index (χ0) is 6.69. The first-order chi connectivity index (χ1) is 4.33. The van der Waals surface area contributed by atoms with Gasteiger partial charge in [0.1, 0.15) is 5.75 Å². The first-order valence-corrected chi connectivity index (χ1v) is 2.72. The number of nitrogen functional groups attached to an aromatic ring is 1. The summed E-state index contributed by atoms with van der Waals surface area (Å²) in [6.07, 6.45) is 0. The minimum Gasteiger partial charge on any atom is -0.497 e. The summed E-state index contributed by atoms with van der Waals surface area (Å²) in [4.78, 5) is 0. The fourth-order valence-corrected chi connectivity index (χ4v) is 0.642. The van der Waals surface area contributed by atoms with Crippen LogP contribution < -0.4 is 10.5 Å². The lowest BCUT2D eigenvalue weighted by atomic mass is 10.3. The number of hydrogen-bond acceptors (Lipinski definition) is 2. The van der Waals surface area contributed by atoms with Gasteiger partial charge in [-0.15, -0.1) is 37.2 Å². The van der Waals surface area contributed by atoms with Crippen molar-refractivity contribution in [1.82, 2.24) is 0 Å². The van der Waals surface area contributed by atoms with E-state index in [4.69, 9.17) is 10.5 Å². The maximum Gasteiger partial charge on any atom is 0.120 e. The normalized spacial score (nSPS) is 6.75. The van der Waals surface area contributed by atoms with Crippen LogP contribution in [0.25, 0.3) is 0 Å². The van der Waals surface area contributed by atoms with Crippen LogP contribution in [0.15, 0.2) is 24.3 Å². The largest absolute Gasteiger partial charge is 0.497 e. The lowest BCUT2D eigenvalue weighted by molar-refractivity contribution is 0.415. The molecule has 0 atom stereocenters. The summed E-state index contributed by atoms with van der Waals surface area (Å²) in [7, 11) is 1.62. The topological polar surface area (TPSA) is 35.2 Å². The third kappa shape index (κ3) is 5.35. The van der Waals surface area contributed by atoms with Crippen molar-refractivity contribution in [3.8, 4) is 5.75 Å². The van der Waals surface area contributed by atoms with Crippen LogP contribution >= 0.6 is 37.2 Å². The van der Waals surface area contributed by atoms with Crippen molar-refractivity contribution in [3.05, 3.63) is 24.3 Å². The molecule has 2 nitrogen and oxygen atoms in total. The van der Waals surface area contributed by atoms with Gasteiger partial charge in [-0.1, -0.05) is 6.07 Å². The average molecular weight is 233 g/mol. The highest BCUT2D eigenvalue weighted by atomic mass is 35.5. The number of hydrogen-bond donors (Lipinski definition) is 1. The molecule has 1 aromatic rings. The van der Waals surface area contributed by atoms with Crippen molar-refractivity contribution in [2.45, 2.75) is 0 Å². The number of halogens is 3. The number of ether oxygens (including phenoxy) is 1. The first kappa shape index (κ1) is 17.7. The summed E-state index contributed by atoms with van der Waals surface area (Å²) in [5, 5.41) is 0. The molecule has 0 bridgehead atoms. The van der Waals surface area contributed by atoms with E-state index >= 15 is 0 Å². The lowest BCUT2D eigenvalue weighted by Crippen LogP contribution is -1.86. The molecule has 12 heavy (non-hydrogen) atoms. The SMILES string of the molecule is COc1cccc(N)c1.Cl.Cl.Cl. The fourth-order valence-electron chi connectivity index (χ4n) is 0.642. The van der Waals surface area contributed by atoms with E-state index in [2.05, 4.69) is 0 Å². The molecule has 1 aromatic carbocycles. The van der Waals surface area contributed by atoms with E-state index in [1.165, 1.54) is 0 Å². The van der Waals surface area contributed by atoms with Gasteiger partial charge in [0.25, 0.3) is 0 Å². The Morgan fingerprint density at radius 3 is 2.08 bits per heavy atom. The van der Waals surface area contributed by atoms with Gasteiger partial charge in [0.15, 0.2) is 0 Å². The van der Waals surface area contributed by atoms with Gasteiger partial charge < -0.3 is 10.5 Å². The molecule has 0 fully saturated rings. The Balaban J connectivity index is -0.000000270. The van der Waals surface area contributed by atoms with Gasteiger partial charge in [0, 0.05) is 11.8 Å². The molecule has 72 valence electrons. The number of methoxy groups -OCH3 is 1. The summed E-state index contributed by atoms with van der Waals surface area (Å²) in [6.45, 7) is 0. The molecule has 0 aliphatic rings. The Hall–Kier alpha value is -0.310. The second kappa shape index (κ2) is 8.78. The molecule has 0 spiro atoms. The van der Waals surface area contributed by atoms with Gasteiger partial charge in [-0.2, -0.15) is 0 Å². The maximum atomic E-state index is 5.45. The van der Waals surface area contributed by atoms with Gasteiger partial charge in [0.2, 0.25) is 0 Å². The monoisotopic (exact) mass is 231 g/mol. The van der Waals surface area contributed by atoms with E-state index in [0.717, 1.165) is 11.4 Å². The van der Waals surface area contributed by atoms with E-state index in [9.17, 15) is 0 Å². The second-order valence-electron chi connectivity index (χ2n) is 1.78. The van der Waals surface area contributed by atoms with Crippen LogP contribution in [-0.4, -0.2) is 7.11 Å². The predicted molar refractivity (Wildman–Crippen MR) is 59.2 cm³/mol. The van der Waals surface area contributed by atoms with E-state index in [1.54, 1.807) is 13.2 Å². The van der Waals surface area contributed by atoms with Gasteiger partial charge >= 0.3 is 0 Å². The van der Waals surface area contributed by atoms with Gasteiger partial charge in [-0.05, 0) is 12.1 Å². The standard InChI is InChI=1S/C7H9NO.3ClH/c1-9-7-4-2-3-6(8)5-7;;;/h2-5H,8H2,1H3;3*1H. The molecule has 0 saturated heterocycles. The zero-order valence-electron chi connectivity index (χ0n) is 6.52. The lowest BCUT2D eigenvalue weighted by Gasteiger charge is -1.97. The number of nitrogens with two attached hydrogens (primary N) is 1. The molecular weight excluding hydrogens is 220 g/mol. The summed E-state index contributed by atoms with van der Waals surface area (Å²) in [5.74, 6) is 0.801. The van der Waals surface area contributed by atoms with Crippen molar-refractivity contribution in [3.63, 3.8) is 0 Å². The minimum absolute atomic E-state index is 0. The molecule has 5 heteroatoms. The van der Waals surface area contributed by atoms with E-state index in [0.29, 0.717) is 0 Å². The van der Waals surface area contributed by atoms with Crippen LogP contribution in [0.2, 0.25) is 0 Å². The molecular formula is C7H12Cl3NO. The van der Waals surface area contributed by atoms with Crippen molar-refractivity contribution in [2.24, 2.45) is 0 Å². The molecule has 0 heterocycles. The molecule has 1 rings (SSSR count). The number of rotatable bonds is 1. The smallest absolute Gasteiger partial charge is 0.120 e. The quantitative estimate of drug-likeness (QED) is 0.755. The highest BCUT2D eigenvalue weighted by Gasteiger charge is 1.87. The van der Waals surface area contributed by atoms with Crippen LogP contribution in [0.5, 0.6) is 5.75 Å². The van der Waals surface area contributed by atoms with Gasteiger partial charge in [-0.25, -0.2) is 0 Å². The Morgan fingerprint density at radius 1 is 1.17 bits per heavy atom. The molecule has 0 amide bonds. The third-order valence-electron chi connectivity index (χ3n) is 1.09. The van der Waals surface area contributed by atoms with Crippen molar-refractivity contribution >= 4 is 42.9 Å². The minimum atomic E-state index is 0. The van der Waals surface area contributed by atoms with Crippen LogP contribution in [0.1, 0.15) is 0 Å². The van der Waals surface area contributed by atoms with Crippen molar-refractivity contribution in [1.29, 1.82) is 0 Å². The Labute approximate surface area is 90.7 Å². The fraction of sp³-hybridized carbons (Fsp3) is 0.143.